The third-order valence-electron chi connectivity index (χ3n) is 6.83. The molecule has 1 saturated heterocycles. The van der Waals surface area contributed by atoms with Gasteiger partial charge in [0.15, 0.2) is 5.82 Å². The van der Waals surface area contributed by atoms with E-state index < -0.39 is 0 Å². The number of aromatic nitrogens is 5. The quantitative estimate of drug-likeness (QED) is 0.698. The number of nitrogens with zero attached hydrogens (tertiary/aromatic N) is 5. The van der Waals surface area contributed by atoms with E-state index in [1.165, 1.54) is 24.8 Å². The molecule has 7 heteroatoms. The monoisotopic (exact) mass is 406 g/mol. The molecule has 7 nitrogen and oxygen atoms in total. The Balaban J connectivity index is 1.63. The minimum atomic E-state index is -0.206. The molecule has 158 valence electrons. The van der Waals surface area contributed by atoms with Gasteiger partial charge in [0.1, 0.15) is 6.04 Å². The molecule has 3 aromatic rings. The van der Waals surface area contributed by atoms with Gasteiger partial charge in [-0.3, -0.25) is 9.69 Å². The first-order chi connectivity index (χ1) is 14.7. The Labute approximate surface area is 176 Å². The Morgan fingerprint density at radius 2 is 1.90 bits per heavy atom. The van der Waals surface area contributed by atoms with Crippen LogP contribution in [-0.4, -0.2) is 43.2 Å². The Hall–Kier alpha value is -2.54. The predicted molar refractivity (Wildman–Crippen MR) is 117 cm³/mol. The lowest BCUT2D eigenvalue weighted by atomic mass is 9.95. The number of pyridine rings is 1. The fourth-order valence-electron chi connectivity index (χ4n) is 5.16. The summed E-state index contributed by atoms with van der Waals surface area (Å²) in [6.07, 6.45) is 9.20. The van der Waals surface area contributed by atoms with Gasteiger partial charge >= 0.3 is 0 Å². The van der Waals surface area contributed by atoms with Crippen molar-refractivity contribution in [1.82, 2.24) is 30.1 Å². The van der Waals surface area contributed by atoms with Crippen molar-refractivity contribution < 1.29 is 0 Å². The number of hydrogen-bond acceptors (Lipinski definition) is 5. The van der Waals surface area contributed by atoms with Crippen molar-refractivity contribution in [2.45, 2.75) is 70.4 Å². The maximum atomic E-state index is 13.2. The number of aromatic amines is 1. The second-order valence-electron chi connectivity index (χ2n) is 8.75. The molecule has 0 radical (unpaired) electrons. The van der Waals surface area contributed by atoms with Crippen LogP contribution in [0.3, 0.4) is 0 Å². The van der Waals surface area contributed by atoms with Gasteiger partial charge in [0.25, 0.3) is 5.56 Å². The summed E-state index contributed by atoms with van der Waals surface area (Å²) >= 11 is 0. The lowest BCUT2D eigenvalue weighted by Gasteiger charge is -2.29. The second-order valence-corrected chi connectivity index (χ2v) is 8.75. The molecular formula is C23H30N6O. The summed E-state index contributed by atoms with van der Waals surface area (Å²) in [7, 11) is 0. The molecule has 3 heterocycles. The van der Waals surface area contributed by atoms with Crippen LogP contribution in [0.5, 0.6) is 0 Å². The number of aryl methyl sites for hydroxylation is 1. The number of benzene rings is 1. The second kappa shape index (κ2) is 8.30. The number of tetrazole rings is 1. The average Bonchev–Trinajstić information content (AvgIpc) is 3.48. The molecule has 2 aliphatic rings. The van der Waals surface area contributed by atoms with Crippen LogP contribution in [0.1, 0.15) is 80.9 Å². The average molecular weight is 407 g/mol. The molecule has 5 rings (SSSR count). The maximum Gasteiger partial charge on any atom is 0.253 e. The Morgan fingerprint density at radius 3 is 2.67 bits per heavy atom. The molecule has 1 unspecified atom stereocenters. The highest BCUT2D eigenvalue weighted by Crippen LogP contribution is 2.34. The summed E-state index contributed by atoms with van der Waals surface area (Å²) in [5, 5.41) is 14.0. The van der Waals surface area contributed by atoms with Crippen molar-refractivity contribution in [1.29, 1.82) is 0 Å². The van der Waals surface area contributed by atoms with Crippen LogP contribution in [0.15, 0.2) is 29.1 Å². The summed E-state index contributed by atoms with van der Waals surface area (Å²) in [6, 6.07) is 8.47. The van der Waals surface area contributed by atoms with Crippen LogP contribution >= 0.6 is 0 Å². The molecule has 1 aromatic carbocycles. The molecular weight excluding hydrogens is 376 g/mol. The van der Waals surface area contributed by atoms with Crippen LogP contribution in [-0.2, 0) is 6.42 Å². The summed E-state index contributed by atoms with van der Waals surface area (Å²) in [6.45, 7) is 4.09. The number of rotatable bonds is 5. The lowest BCUT2D eigenvalue weighted by molar-refractivity contribution is 0.243. The smallest absolute Gasteiger partial charge is 0.253 e. The van der Waals surface area contributed by atoms with Crippen LogP contribution in [0.2, 0.25) is 0 Å². The molecule has 2 aromatic heterocycles. The minimum Gasteiger partial charge on any atom is -0.322 e. The van der Waals surface area contributed by atoms with E-state index in [1.54, 1.807) is 0 Å². The zero-order valence-electron chi connectivity index (χ0n) is 17.7. The van der Waals surface area contributed by atoms with E-state index in [0.29, 0.717) is 6.04 Å². The van der Waals surface area contributed by atoms with Gasteiger partial charge in [-0.05, 0) is 84.8 Å². The van der Waals surface area contributed by atoms with E-state index in [2.05, 4.69) is 50.5 Å². The van der Waals surface area contributed by atoms with Crippen molar-refractivity contribution in [3.63, 3.8) is 0 Å². The number of nitrogens with one attached hydrogen (secondary N) is 1. The molecule has 0 bridgehead atoms. The number of fused-ring (bicyclic) bond motifs is 1. The molecule has 1 atom stereocenters. The van der Waals surface area contributed by atoms with Gasteiger partial charge in [0, 0.05) is 11.1 Å². The first kappa shape index (κ1) is 19.4. The first-order valence-electron chi connectivity index (χ1n) is 11.4. The van der Waals surface area contributed by atoms with Crippen molar-refractivity contribution in [2.24, 2.45) is 0 Å². The summed E-state index contributed by atoms with van der Waals surface area (Å²) in [5.41, 5.74) is 2.87. The largest absolute Gasteiger partial charge is 0.322 e. The van der Waals surface area contributed by atoms with Crippen LogP contribution in [0.4, 0.5) is 0 Å². The van der Waals surface area contributed by atoms with E-state index in [0.717, 1.165) is 67.5 Å². The zero-order valence-corrected chi connectivity index (χ0v) is 17.7. The predicted octanol–water partition coefficient (Wildman–Crippen LogP) is 3.77. The van der Waals surface area contributed by atoms with Crippen LogP contribution in [0.25, 0.3) is 10.9 Å². The first-order valence-corrected chi connectivity index (χ1v) is 11.4. The van der Waals surface area contributed by atoms with Crippen molar-refractivity contribution in [2.75, 3.05) is 13.1 Å². The van der Waals surface area contributed by atoms with Crippen LogP contribution in [0, 0.1) is 0 Å². The molecule has 30 heavy (non-hydrogen) atoms. The highest BCUT2D eigenvalue weighted by molar-refractivity contribution is 5.80. The number of H-pyrrole nitrogens is 1. The molecule has 0 spiro atoms. The van der Waals surface area contributed by atoms with Crippen molar-refractivity contribution >= 4 is 10.9 Å². The van der Waals surface area contributed by atoms with Gasteiger partial charge in [0.05, 0.1) is 6.04 Å². The maximum absolute atomic E-state index is 13.2. The fraction of sp³-hybridized carbons (Fsp3) is 0.565. The standard InChI is InChI=1S/C23H30N6O/c1-2-16-10-11-20-17(14-16)15-19(23(30)24-20)21(28-12-6-7-13-28)22-25-26-27-29(22)18-8-4-3-5-9-18/h10-11,14-15,18,21H,2-9,12-13H2,1H3,(H,24,30). The Kier molecular flexibility index (Phi) is 5.37. The molecule has 0 amide bonds. The SMILES string of the molecule is CCc1ccc2[nH]c(=O)c(C(c3nnnn3C3CCCCC3)N3CCCC3)cc2c1. The van der Waals surface area contributed by atoms with E-state index in [4.69, 9.17) is 0 Å². The zero-order chi connectivity index (χ0) is 20.5. The van der Waals surface area contributed by atoms with E-state index >= 15 is 0 Å². The fourth-order valence-corrected chi connectivity index (χ4v) is 5.16. The highest BCUT2D eigenvalue weighted by atomic mass is 16.1. The van der Waals surface area contributed by atoms with Crippen molar-refractivity contribution in [3.05, 3.63) is 51.6 Å². The Morgan fingerprint density at radius 1 is 1.10 bits per heavy atom. The van der Waals surface area contributed by atoms with Gasteiger partial charge in [-0.1, -0.05) is 32.3 Å². The summed E-state index contributed by atoms with van der Waals surface area (Å²) in [5.74, 6) is 0.820. The number of likely N-dealkylation sites (tertiary alicyclic amines) is 1. The van der Waals surface area contributed by atoms with Gasteiger partial charge in [-0.25, -0.2) is 4.68 Å². The Bertz CT molecular complexity index is 1070. The third kappa shape index (κ3) is 3.55. The number of hydrogen-bond donors (Lipinski definition) is 1. The van der Waals surface area contributed by atoms with Crippen molar-refractivity contribution in [3.8, 4) is 0 Å². The summed E-state index contributed by atoms with van der Waals surface area (Å²) in [4.78, 5) is 18.7. The van der Waals surface area contributed by atoms with E-state index in [9.17, 15) is 4.79 Å². The van der Waals surface area contributed by atoms with Crippen LogP contribution < -0.4 is 5.56 Å². The lowest BCUT2D eigenvalue weighted by Crippen LogP contribution is -2.34. The molecule has 1 aliphatic carbocycles. The van der Waals surface area contributed by atoms with E-state index in [1.807, 2.05) is 10.7 Å². The molecule has 1 aliphatic heterocycles. The van der Waals surface area contributed by atoms with Gasteiger partial charge in [-0.15, -0.1) is 5.10 Å². The topological polar surface area (TPSA) is 79.7 Å². The molecule has 2 fully saturated rings. The van der Waals surface area contributed by atoms with E-state index in [-0.39, 0.29) is 11.6 Å². The van der Waals surface area contributed by atoms with Gasteiger partial charge in [0.2, 0.25) is 0 Å². The molecule has 1 saturated carbocycles. The third-order valence-corrected chi connectivity index (χ3v) is 6.83. The summed E-state index contributed by atoms with van der Waals surface area (Å²) < 4.78 is 2.02. The molecule has 1 N–H and O–H groups in total. The van der Waals surface area contributed by atoms with Gasteiger partial charge < -0.3 is 4.98 Å². The highest BCUT2D eigenvalue weighted by Gasteiger charge is 2.33. The normalized spacial score (nSPS) is 19.5. The minimum absolute atomic E-state index is 0.0400. The van der Waals surface area contributed by atoms with Gasteiger partial charge in [-0.2, -0.15) is 0 Å².